The van der Waals surface area contributed by atoms with Crippen LogP contribution >= 0.6 is 0 Å². The molecule has 0 saturated heterocycles. The number of oxazole rings is 1. The van der Waals surface area contributed by atoms with E-state index in [4.69, 9.17) is 15.5 Å². The van der Waals surface area contributed by atoms with Crippen molar-refractivity contribution < 1.29 is 8.81 Å². The largest absolute Gasteiger partial charge is 0.419 e. The number of hydrogen-bond acceptors (Lipinski definition) is 5. The maximum atomic E-state index is 12.7. The molecule has 0 unspecified atom stereocenters. The number of halogens is 1. The summed E-state index contributed by atoms with van der Waals surface area (Å²) in [6.07, 6.45) is 3.25. The molecule has 0 saturated carbocycles. The monoisotopic (exact) mass is 244 g/mol. The molecule has 1 aromatic carbocycles. The van der Waals surface area contributed by atoms with Gasteiger partial charge in [-0.05, 0) is 23.8 Å². The van der Waals surface area contributed by atoms with Gasteiger partial charge in [0, 0.05) is 6.08 Å². The van der Waals surface area contributed by atoms with Crippen LogP contribution in [0.1, 0.15) is 17.1 Å². The van der Waals surface area contributed by atoms with Crippen LogP contribution < -0.4 is 11.3 Å². The summed E-state index contributed by atoms with van der Waals surface area (Å²) >= 11 is 0. The fourth-order valence-corrected chi connectivity index (χ4v) is 1.32. The second kappa shape index (κ2) is 5.12. The van der Waals surface area contributed by atoms with Gasteiger partial charge >= 0.3 is 0 Å². The van der Waals surface area contributed by atoms with E-state index in [-0.39, 0.29) is 23.3 Å². The standard InChI is InChI=1S/C12H9FN4O/c13-9-4-1-8(2-5-9)3-6-11-16-10(7-14)12(17-15)18-11/h1-6,17H,15H2. The van der Waals surface area contributed by atoms with Gasteiger partial charge in [-0.25, -0.2) is 10.2 Å². The molecule has 90 valence electrons. The highest BCUT2D eigenvalue weighted by Gasteiger charge is 2.09. The van der Waals surface area contributed by atoms with Crippen molar-refractivity contribution in [1.29, 1.82) is 5.26 Å². The summed E-state index contributed by atoms with van der Waals surface area (Å²) < 4.78 is 17.9. The van der Waals surface area contributed by atoms with E-state index in [0.717, 1.165) is 5.56 Å². The third-order valence-electron chi connectivity index (χ3n) is 2.17. The predicted molar refractivity (Wildman–Crippen MR) is 64.4 cm³/mol. The number of rotatable bonds is 3. The number of hydrogen-bond donors (Lipinski definition) is 2. The Balaban J connectivity index is 2.21. The Labute approximate surface area is 102 Å². The number of nitriles is 1. The van der Waals surface area contributed by atoms with Gasteiger partial charge in [-0.15, -0.1) is 0 Å². The molecule has 0 aliphatic carbocycles. The number of nitrogens with zero attached hydrogens (tertiary/aromatic N) is 2. The van der Waals surface area contributed by atoms with E-state index in [1.54, 1.807) is 24.3 Å². The summed E-state index contributed by atoms with van der Waals surface area (Å²) in [5.74, 6) is 5.21. The predicted octanol–water partition coefficient (Wildman–Crippen LogP) is 2.14. The average Bonchev–Trinajstić information content (AvgIpc) is 2.80. The van der Waals surface area contributed by atoms with E-state index in [0.29, 0.717) is 0 Å². The van der Waals surface area contributed by atoms with E-state index < -0.39 is 0 Å². The lowest BCUT2D eigenvalue weighted by molar-refractivity contribution is 0.559. The Kier molecular flexibility index (Phi) is 3.36. The second-order valence-electron chi connectivity index (χ2n) is 3.37. The minimum Gasteiger partial charge on any atom is -0.419 e. The number of aromatic nitrogens is 1. The third-order valence-corrected chi connectivity index (χ3v) is 2.17. The third kappa shape index (κ3) is 2.53. The zero-order valence-electron chi connectivity index (χ0n) is 9.22. The fraction of sp³-hybridized carbons (Fsp3) is 0. The first kappa shape index (κ1) is 11.8. The Morgan fingerprint density at radius 1 is 1.33 bits per heavy atom. The van der Waals surface area contributed by atoms with Crippen molar-refractivity contribution in [1.82, 2.24) is 4.98 Å². The Hall–Kier alpha value is -2.65. The van der Waals surface area contributed by atoms with Crippen LogP contribution in [0, 0.1) is 17.1 Å². The Morgan fingerprint density at radius 2 is 2.06 bits per heavy atom. The topological polar surface area (TPSA) is 87.9 Å². The van der Waals surface area contributed by atoms with E-state index >= 15 is 0 Å². The van der Waals surface area contributed by atoms with Crippen LogP contribution in [0.4, 0.5) is 10.3 Å². The van der Waals surface area contributed by atoms with Gasteiger partial charge in [0.2, 0.25) is 17.5 Å². The normalized spacial score (nSPS) is 10.5. The van der Waals surface area contributed by atoms with Crippen LogP contribution in [0.3, 0.4) is 0 Å². The zero-order valence-corrected chi connectivity index (χ0v) is 9.22. The molecule has 0 radical (unpaired) electrons. The van der Waals surface area contributed by atoms with Crippen LogP contribution in [0.2, 0.25) is 0 Å². The summed E-state index contributed by atoms with van der Waals surface area (Å²) in [6.45, 7) is 0. The van der Waals surface area contributed by atoms with Gasteiger partial charge in [0.15, 0.2) is 0 Å². The highest BCUT2D eigenvalue weighted by Crippen LogP contribution is 2.17. The maximum absolute atomic E-state index is 12.7. The molecule has 3 N–H and O–H groups in total. The molecule has 2 rings (SSSR count). The Bertz CT molecular complexity index is 610. The molecule has 0 spiro atoms. The SMILES string of the molecule is N#Cc1nc(C=Cc2ccc(F)cc2)oc1NN. The minimum atomic E-state index is -0.301. The maximum Gasteiger partial charge on any atom is 0.246 e. The summed E-state index contributed by atoms with van der Waals surface area (Å²) in [4.78, 5) is 3.90. The first-order chi connectivity index (χ1) is 8.72. The number of benzene rings is 1. The van der Waals surface area contributed by atoms with Crippen LogP contribution in [0.5, 0.6) is 0 Å². The second-order valence-corrected chi connectivity index (χ2v) is 3.37. The molecule has 2 aromatic rings. The van der Waals surface area contributed by atoms with Gasteiger partial charge in [0.25, 0.3) is 0 Å². The molecule has 0 aliphatic rings. The molecule has 5 nitrogen and oxygen atoms in total. The van der Waals surface area contributed by atoms with Crippen molar-refractivity contribution in [2.75, 3.05) is 5.43 Å². The zero-order chi connectivity index (χ0) is 13.0. The molecule has 6 heteroatoms. The smallest absolute Gasteiger partial charge is 0.246 e. The molecule has 18 heavy (non-hydrogen) atoms. The molecule has 0 aliphatic heterocycles. The summed E-state index contributed by atoms with van der Waals surface area (Å²) in [7, 11) is 0. The first-order valence-corrected chi connectivity index (χ1v) is 5.04. The summed E-state index contributed by atoms with van der Waals surface area (Å²) in [5, 5.41) is 8.74. The average molecular weight is 244 g/mol. The molecular weight excluding hydrogens is 235 g/mol. The highest BCUT2D eigenvalue weighted by atomic mass is 19.1. The molecule has 1 aromatic heterocycles. The van der Waals surface area contributed by atoms with Crippen molar-refractivity contribution in [3.63, 3.8) is 0 Å². The Morgan fingerprint density at radius 3 is 2.61 bits per heavy atom. The van der Waals surface area contributed by atoms with Gasteiger partial charge < -0.3 is 4.42 Å². The lowest BCUT2D eigenvalue weighted by Crippen LogP contribution is -2.06. The lowest BCUT2D eigenvalue weighted by Gasteiger charge is -1.91. The minimum absolute atomic E-state index is 0.0799. The molecule has 0 amide bonds. The van der Waals surface area contributed by atoms with Gasteiger partial charge in [-0.2, -0.15) is 10.2 Å². The van der Waals surface area contributed by atoms with Crippen LogP contribution in [-0.2, 0) is 0 Å². The van der Waals surface area contributed by atoms with Crippen LogP contribution in [0.15, 0.2) is 28.7 Å². The van der Waals surface area contributed by atoms with E-state index in [2.05, 4.69) is 10.4 Å². The van der Waals surface area contributed by atoms with Gasteiger partial charge in [0.1, 0.15) is 11.9 Å². The molecule has 0 fully saturated rings. The van der Waals surface area contributed by atoms with Gasteiger partial charge in [-0.3, -0.25) is 5.43 Å². The van der Waals surface area contributed by atoms with Gasteiger partial charge in [-0.1, -0.05) is 12.1 Å². The number of nitrogens with one attached hydrogen (secondary N) is 1. The van der Waals surface area contributed by atoms with Crippen molar-refractivity contribution in [3.8, 4) is 6.07 Å². The lowest BCUT2D eigenvalue weighted by atomic mass is 10.2. The van der Waals surface area contributed by atoms with E-state index in [1.807, 2.05) is 6.07 Å². The van der Waals surface area contributed by atoms with Crippen LogP contribution in [0.25, 0.3) is 12.2 Å². The number of nitrogens with two attached hydrogens (primary N) is 1. The van der Waals surface area contributed by atoms with Crippen molar-refractivity contribution in [2.24, 2.45) is 5.84 Å². The summed E-state index contributed by atoms with van der Waals surface area (Å²) in [5.41, 5.74) is 3.10. The van der Waals surface area contributed by atoms with Gasteiger partial charge in [0.05, 0.1) is 0 Å². The van der Waals surface area contributed by atoms with Crippen molar-refractivity contribution in [3.05, 3.63) is 47.2 Å². The summed E-state index contributed by atoms with van der Waals surface area (Å²) in [6, 6.07) is 7.77. The van der Waals surface area contributed by atoms with Crippen molar-refractivity contribution in [2.45, 2.75) is 0 Å². The molecule has 0 atom stereocenters. The number of hydrazine groups is 1. The number of anilines is 1. The van der Waals surface area contributed by atoms with E-state index in [9.17, 15) is 4.39 Å². The molecule has 0 bridgehead atoms. The van der Waals surface area contributed by atoms with Crippen molar-refractivity contribution >= 4 is 18.0 Å². The van der Waals surface area contributed by atoms with E-state index in [1.165, 1.54) is 12.1 Å². The fourth-order valence-electron chi connectivity index (χ4n) is 1.32. The molecular formula is C12H9FN4O. The van der Waals surface area contributed by atoms with Crippen LogP contribution in [-0.4, -0.2) is 4.98 Å². The highest BCUT2D eigenvalue weighted by molar-refractivity contribution is 5.67. The quantitative estimate of drug-likeness (QED) is 0.638. The molecule has 1 heterocycles. The first-order valence-electron chi connectivity index (χ1n) is 5.04. The number of nitrogen functional groups attached to an aromatic ring is 1.